The zero-order valence-electron chi connectivity index (χ0n) is 15.1. The van der Waals surface area contributed by atoms with Crippen LogP contribution in [0.25, 0.3) is 0 Å². The molecule has 0 amide bonds. The zero-order chi connectivity index (χ0) is 18.9. The maximum Gasteiger partial charge on any atom is 0.416 e. The first-order valence-corrected chi connectivity index (χ1v) is 8.44. The van der Waals surface area contributed by atoms with E-state index in [1.54, 1.807) is 20.3 Å². The number of methoxy groups -OCH3 is 2. The Bertz CT molecular complexity index is 789. The van der Waals surface area contributed by atoms with Crippen LogP contribution in [-0.2, 0) is 19.0 Å². The number of likely N-dealkylation sites (N-methyl/N-ethyl adjacent to an activating group) is 1. The first kappa shape index (κ1) is 18.6. The smallest absolute Gasteiger partial charge is 0.416 e. The van der Waals surface area contributed by atoms with Gasteiger partial charge in [-0.1, -0.05) is 12.1 Å². The fourth-order valence-corrected chi connectivity index (χ4v) is 3.51. The predicted molar refractivity (Wildman–Crippen MR) is 93.8 cm³/mol. The van der Waals surface area contributed by atoms with Gasteiger partial charge in [-0.25, -0.2) is 0 Å². The van der Waals surface area contributed by atoms with Gasteiger partial charge in [0, 0.05) is 12.6 Å². The lowest BCUT2D eigenvalue weighted by molar-refractivity contribution is -0.137. The molecule has 1 aliphatic rings. The number of alkyl halides is 3. The van der Waals surface area contributed by atoms with Gasteiger partial charge >= 0.3 is 6.18 Å². The van der Waals surface area contributed by atoms with Crippen LogP contribution >= 0.6 is 0 Å². The lowest BCUT2D eigenvalue weighted by Gasteiger charge is -2.35. The molecule has 0 aromatic heterocycles. The molecule has 1 heterocycles. The molecule has 0 saturated carbocycles. The minimum Gasteiger partial charge on any atom is -0.493 e. The average molecular weight is 365 g/mol. The van der Waals surface area contributed by atoms with E-state index >= 15 is 0 Å². The number of rotatable bonds is 4. The summed E-state index contributed by atoms with van der Waals surface area (Å²) in [7, 11) is 5.18. The summed E-state index contributed by atoms with van der Waals surface area (Å²) in [6.45, 7) is 0.728. The van der Waals surface area contributed by atoms with E-state index in [9.17, 15) is 13.2 Å². The molecule has 26 heavy (non-hydrogen) atoms. The number of halogens is 3. The van der Waals surface area contributed by atoms with Crippen molar-refractivity contribution in [3.05, 3.63) is 58.7 Å². The highest BCUT2D eigenvalue weighted by atomic mass is 19.4. The largest absolute Gasteiger partial charge is 0.493 e. The van der Waals surface area contributed by atoms with Crippen molar-refractivity contribution in [2.75, 3.05) is 27.8 Å². The molecule has 0 radical (unpaired) electrons. The minimum absolute atomic E-state index is 0.0270. The second-order valence-corrected chi connectivity index (χ2v) is 6.55. The van der Waals surface area contributed by atoms with E-state index in [1.807, 2.05) is 25.2 Å². The van der Waals surface area contributed by atoms with Gasteiger partial charge in [0.1, 0.15) is 0 Å². The molecule has 2 aromatic carbocycles. The van der Waals surface area contributed by atoms with Gasteiger partial charge in [0.2, 0.25) is 0 Å². The molecule has 3 rings (SSSR count). The Morgan fingerprint density at radius 3 is 2.42 bits per heavy atom. The Balaban J connectivity index is 1.92. The Morgan fingerprint density at radius 2 is 1.77 bits per heavy atom. The summed E-state index contributed by atoms with van der Waals surface area (Å²) in [5, 5.41) is 0. The molecule has 0 N–H and O–H groups in total. The average Bonchev–Trinajstić information content (AvgIpc) is 2.62. The highest BCUT2D eigenvalue weighted by Gasteiger charge is 2.33. The molecular weight excluding hydrogens is 343 g/mol. The fourth-order valence-electron chi connectivity index (χ4n) is 3.51. The first-order chi connectivity index (χ1) is 12.3. The second-order valence-electron chi connectivity index (χ2n) is 6.55. The van der Waals surface area contributed by atoms with E-state index in [0.29, 0.717) is 24.3 Å². The van der Waals surface area contributed by atoms with Crippen LogP contribution in [0.2, 0.25) is 0 Å². The highest BCUT2D eigenvalue weighted by Crippen LogP contribution is 2.37. The summed E-state index contributed by atoms with van der Waals surface area (Å²) >= 11 is 0. The van der Waals surface area contributed by atoms with Gasteiger partial charge in [-0.3, -0.25) is 4.90 Å². The summed E-state index contributed by atoms with van der Waals surface area (Å²) in [6, 6.07) is 9.87. The fraction of sp³-hybridized carbons (Fsp3) is 0.400. The van der Waals surface area contributed by atoms with E-state index in [1.165, 1.54) is 12.1 Å². The summed E-state index contributed by atoms with van der Waals surface area (Å²) in [6.07, 6.45) is -3.00. The molecule has 140 valence electrons. The van der Waals surface area contributed by atoms with Crippen molar-refractivity contribution >= 4 is 0 Å². The van der Waals surface area contributed by atoms with Gasteiger partial charge in [0.15, 0.2) is 11.5 Å². The normalized spacial score (nSPS) is 17.7. The number of nitrogens with zero attached hydrogens (tertiary/aromatic N) is 1. The van der Waals surface area contributed by atoms with E-state index in [-0.39, 0.29) is 6.04 Å². The van der Waals surface area contributed by atoms with Crippen LogP contribution in [0.5, 0.6) is 11.5 Å². The van der Waals surface area contributed by atoms with Crippen molar-refractivity contribution in [3.63, 3.8) is 0 Å². The van der Waals surface area contributed by atoms with E-state index in [4.69, 9.17) is 9.47 Å². The molecule has 1 unspecified atom stereocenters. The quantitative estimate of drug-likeness (QED) is 0.797. The maximum atomic E-state index is 13.0. The summed E-state index contributed by atoms with van der Waals surface area (Å²) < 4.78 is 49.6. The van der Waals surface area contributed by atoms with Crippen molar-refractivity contribution in [2.45, 2.75) is 25.1 Å². The highest BCUT2D eigenvalue weighted by molar-refractivity contribution is 5.44. The van der Waals surface area contributed by atoms with Crippen molar-refractivity contribution in [2.24, 2.45) is 0 Å². The van der Waals surface area contributed by atoms with Crippen molar-refractivity contribution in [3.8, 4) is 11.5 Å². The first-order valence-electron chi connectivity index (χ1n) is 8.44. The molecule has 3 nitrogen and oxygen atoms in total. The van der Waals surface area contributed by atoms with Crippen LogP contribution < -0.4 is 9.47 Å². The van der Waals surface area contributed by atoms with Gasteiger partial charge < -0.3 is 9.47 Å². The third kappa shape index (κ3) is 3.65. The Morgan fingerprint density at radius 1 is 1.04 bits per heavy atom. The molecule has 6 heteroatoms. The molecule has 2 aromatic rings. The van der Waals surface area contributed by atoms with Crippen LogP contribution in [0.15, 0.2) is 36.4 Å². The molecule has 0 fully saturated rings. The molecule has 0 spiro atoms. The van der Waals surface area contributed by atoms with Gasteiger partial charge in [-0.2, -0.15) is 13.2 Å². The van der Waals surface area contributed by atoms with Crippen LogP contribution in [0.1, 0.15) is 28.3 Å². The van der Waals surface area contributed by atoms with E-state index in [0.717, 1.165) is 23.2 Å². The van der Waals surface area contributed by atoms with Crippen LogP contribution in [0.3, 0.4) is 0 Å². The molecule has 1 aliphatic heterocycles. The van der Waals surface area contributed by atoms with Crippen molar-refractivity contribution < 1.29 is 22.6 Å². The van der Waals surface area contributed by atoms with Crippen LogP contribution in [0, 0.1) is 0 Å². The summed E-state index contributed by atoms with van der Waals surface area (Å²) in [5.74, 6) is 1.31. The molecule has 0 saturated heterocycles. The third-order valence-corrected chi connectivity index (χ3v) is 4.97. The lowest BCUT2D eigenvalue weighted by atomic mass is 9.88. The van der Waals surface area contributed by atoms with Crippen molar-refractivity contribution in [1.29, 1.82) is 0 Å². The maximum absolute atomic E-state index is 13.0. The van der Waals surface area contributed by atoms with Gasteiger partial charge in [0.05, 0.1) is 19.8 Å². The minimum atomic E-state index is -4.31. The standard InChI is InChI=1S/C20H22F3NO2/c1-24-9-8-14-12-15(20(21,22)23)5-6-16(14)17(24)10-13-4-7-18(25-2)19(11-13)26-3/h4-7,11-12,17H,8-10H2,1-3H3. The topological polar surface area (TPSA) is 21.7 Å². The number of benzene rings is 2. The summed E-state index contributed by atoms with van der Waals surface area (Å²) in [5.41, 5.74) is 2.21. The molecular formula is C20H22F3NO2. The second kappa shape index (κ2) is 7.19. The van der Waals surface area contributed by atoms with Gasteiger partial charge in [-0.15, -0.1) is 0 Å². The number of fused-ring (bicyclic) bond motifs is 1. The SMILES string of the molecule is COc1ccc(CC2c3ccc(C(F)(F)F)cc3CCN2C)cc1OC. The predicted octanol–water partition coefficient (Wildman–Crippen LogP) is 4.49. The number of ether oxygens (including phenoxy) is 2. The monoisotopic (exact) mass is 365 g/mol. The third-order valence-electron chi connectivity index (χ3n) is 4.97. The number of hydrogen-bond acceptors (Lipinski definition) is 3. The van der Waals surface area contributed by atoms with Crippen molar-refractivity contribution in [1.82, 2.24) is 4.90 Å². The zero-order valence-corrected chi connectivity index (χ0v) is 15.1. The van der Waals surface area contributed by atoms with E-state index in [2.05, 4.69) is 4.90 Å². The molecule has 0 bridgehead atoms. The molecule has 0 aliphatic carbocycles. The van der Waals surface area contributed by atoms with Crippen LogP contribution in [-0.4, -0.2) is 32.7 Å². The van der Waals surface area contributed by atoms with Crippen LogP contribution in [0.4, 0.5) is 13.2 Å². The van der Waals surface area contributed by atoms with Gasteiger partial charge in [-0.05, 0) is 60.8 Å². The molecule has 1 atom stereocenters. The van der Waals surface area contributed by atoms with Gasteiger partial charge in [0.25, 0.3) is 0 Å². The van der Waals surface area contributed by atoms with E-state index < -0.39 is 11.7 Å². The Labute approximate surface area is 151 Å². The lowest BCUT2D eigenvalue weighted by Crippen LogP contribution is -2.33. The Hall–Kier alpha value is -2.21. The number of hydrogen-bond donors (Lipinski definition) is 0. The Kier molecular flexibility index (Phi) is 5.14. The summed E-state index contributed by atoms with van der Waals surface area (Å²) in [4.78, 5) is 2.19.